The van der Waals surface area contributed by atoms with E-state index >= 15 is 0 Å². The van der Waals surface area contributed by atoms with E-state index in [1.807, 2.05) is 0 Å². The lowest BCUT2D eigenvalue weighted by atomic mass is 10.0. The van der Waals surface area contributed by atoms with Crippen LogP contribution in [0, 0.1) is 19.8 Å². The lowest BCUT2D eigenvalue weighted by Gasteiger charge is -2.30. The van der Waals surface area contributed by atoms with Gasteiger partial charge < -0.3 is 10.4 Å². The third kappa shape index (κ3) is 4.38. The number of aliphatic carboxylic acids is 1. The molecule has 1 aromatic rings. The number of hydrogen-bond donors (Lipinski definition) is 2. The molecule has 2 N–H and O–H groups in total. The van der Waals surface area contributed by atoms with Crippen LogP contribution in [0.4, 0.5) is 0 Å². The number of rotatable bonds is 5. The summed E-state index contributed by atoms with van der Waals surface area (Å²) in [6.45, 7) is 5.98. The molecule has 0 radical (unpaired) electrons. The molecule has 1 aliphatic rings. The van der Waals surface area contributed by atoms with Crippen molar-refractivity contribution in [3.05, 3.63) is 28.8 Å². The minimum Gasteiger partial charge on any atom is -0.480 e. The molecule has 0 saturated carbocycles. The van der Waals surface area contributed by atoms with Crippen molar-refractivity contribution in [1.82, 2.24) is 9.62 Å². The Hall–Kier alpha value is -1.93. The quantitative estimate of drug-likeness (QED) is 0.820. The molecule has 138 valence electrons. The molecule has 0 unspecified atom stereocenters. The molecule has 1 fully saturated rings. The number of carbonyl (C=O) groups excluding carboxylic acids is 1. The van der Waals surface area contributed by atoms with Gasteiger partial charge in [0, 0.05) is 18.7 Å². The van der Waals surface area contributed by atoms with Crippen LogP contribution in [0.1, 0.15) is 41.3 Å². The van der Waals surface area contributed by atoms with Crippen molar-refractivity contribution < 1.29 is 23.1 Å². The third-order valence-corrected chi connectivity index (χ3v) is 6.67. The van der Waals surface area contributed by atoms with Crippen molar-refractivity contribution in [1.29, 1.82) is 0 Å². The zero-order valence-corrected chi connectivity index (χ0v) is 15.5. The van der Waals surface area contributed by atoms with Crippen molar-refractivity contribution in [2.24, 2.45) is 5.92 Å². The number of aryl methyl sites for hydroxylation is 1. The fourth-order valence-electron chi connectivity index (χ4n) is 2.85. The van der Waals surface area contributed by atoms with Gasteiger partial charge in [0.15, 0.2) is 0 Å². The smallest absolute Gasteiger partial charge is 0.322 e. The van der Waals surface area contributed by atoms with Crippen LogP contribution >= 0.6 is 0 Å². The second kappa shape index (κ2) is 7.53. The molecule has 25 heavy (non-hydrogen) atoms. The Morgan fingerprint density at radius 3 is 2.40 bits per heavy atom. The first-order valence-electron chi connectivity index (χ1n) is 8.24. The van der Waals surface area contributed by atoms with E-state index in [0.29, 0.717) is 30.1 Å². The fraction of sp³-hybridized carbons (Fsp3) is 0.529. The number of piperidine rings is 1. The Kier molecular flexibility index (Phi) is 5.84. The second-order valence-electron chi connectivity index (χ2n) is 6.58. The maximum Gasteiger partial charge on any atom is 0.322 e. The Balaban J connectivity index is 2.36. The first kappa shape index (κ1) is 19.4. The maximum absolute atomic E-state index is 13.0. The van der Waals surface area contributed by atoms with Gasteiger partial charge in [0.2, 0.25) is 10.0 Å². The Bertz CT molecular complexity index is 780. The number of nitrogens with one attached hydrogen (secondary N) is 1. The summed E-state index contributed by atoms with van der Waals surface area (Å²) < 4.78 is 27.5. The van der Waals surface area contributed by atoms with Crippen LogP contribution in [-0.2, 0) is 14.8 Å². The highest BCUT2D eigenvalue weighted by Gasteiger charge is 2.30. The predicted octanol–water partition coefficient (Wildman–Crippen LogP) is 1.54. The van der Waals surface area contributed by atoms with Gasteiger partial charge in [-0.05, 0) is 55.9 Å². The molecule has 7 nitrogen and oxygen atoms in total. The number of amides is 1. The number of sulfonamides is 1. The molecular formula is C17H24N2O5S. The molecule has 8 heteroatoms. The molecule has 1 saturated heterocycles. The van der Waals surface area contributed by atoms with Crippen LogP contribution in [0.15, 0.2) is 17.0 Å². The van der Waals surface area contributed by atoms with Gasteiger partial charge >= 0.3 is 5.97 Å². The Morgan fingerprint density at radius 2 is 1.84 bits per heavy atom. The van der Waals surface area contributed by atoms with Crippen LogP contribution in [-0.4, -0.2) is 49.3 Å². The molecule has 1 amide bonds. The van der Waals surface area contributed by atoms with Crippen molar-refractivity contribution in [3.8, 4) is 0 Å². The number of carbonyl (C=O) groups is 2. The van der Waals surface area contributed by atoms with E-state index in [2.05, 4.69) is 12.2 Å². The van der Waals surface area contributed by atoms with Crippen LogP contribution in [0.3, 0.4) is 0 Å². The van der Waals surface area contributed by atoms with Crippen LogP contribution in [0.25, 0.3) is 0 Å². The predicted molar refractivity (Wildman–Crippen MR) is 93.0 cm³/mol. The van der Waals surface area contributed by atoms with Crippen LogP contribution < -0.4 is 5.32 Å². The summed E-state index contributed by atoms with van der Waals surface area (Å²) in [4.78, 5) is 22.8. The number of benzene rings is 1. The highest BCUT2D eigenvalue weighted by Crippen LogP contribution is 2.27. The molecule has 0 bridgehead atoms. The summed E-state index contributed by atoms with van der Waals surface area (Å²) in [6.07, 6.45) is 1.63. The highest BCUT2D eigenvalue weighted by molar-refractivity contribution is 7.89. The second-order valence-corrected chi connectivity index (χ2v) is 8.49. The van der Waals surface area contributed by atoms with E-state index in [1.54, 1.807) is 19.9 Å². The van der Waals surface area contributed by atoms with Gasteiger partial charge in [-0.2, -0.15) is 4.31 Å². The molecule has 1 heterocycles. The summed E-state index contributed by atoms with van der Waals surface area (Å²) in [6, 6.07) is 2.91. The summed E-state index contributed by atoms with van der Waals surface area (Å²) in [5.74, 6) is -1.26. The largest absolute Gasteiger partial charge is 0.480 e. The Morgan fingerprint density at radius 1 is 1.24 bits per heavy atom. The maximum atomic E-state index is 13.0. The first-order chi connectivity index (χ1) is 11.6. The van der Waals surface area contributed by atoms with E-state index in [1.165, 1.54) is 10.4 Å². The number of nitrogens with zero attached hydrogens (tertiary/aromatic N) is 1. The molecule has 0 spiro atoms. The zero-order chi connectivity index (χ0) is 18.8. The van der Waals surface area contributed by atoms with Crippen molar-refractivity contribution >= 4 is 21.9 Å². The average molecular weight is 368 g/mol. The lowest BCUT2D eigenvalue weighted by Crippen LogP contribution is -2.38. The minimum atomic E-state index is -3.69. The van der Waals surface area contributed by atoms with Crippen molar-refractivity contribution in [2.45, 2.75) is 38.5 Å². The summed E-state index contributed by atoms with van der Waals surface area (Å²) in [5.41, 5.74) is 1.42. The van der Waals surface area contributed by atoms with Crippen LogP contribution in [0.5, 0.6) is 0 Å². The van der Waals surface area contributed by atoms with Gasteiger partial charge in [-0.15, -0.1) is 0 Å². The monoisotopic (exact) mass is 368 g/mol. The summed E-state index contributed by atoms with van der Waals surface area (Å²) in [5, 5.41) is 10.9. The Labute approximate surface area is 148 Å². The lowest BCUT2D eigenvalue weighted by molar-refractivity contribution is -0.135. The molecule has 0 aliphatic carbocycles. The zero-order valence-electron chi connectivity index (χ0n) is 14.7. The molecule has 0 atom stereocenters. The highest BCUT2D eigenvalue weighted by atomic mass is 32.2. The van der Waals surface area contributed by atoms with Gasteiger partial charge in [0.05, 0.1) is 4.90 Å². The molecule has 2 rings (SSSR count). The normalized spacial score (nSPS) is 16.6. The third-order valence-electron chi connectivity index (χ3n) is 4.64. The van der Waals surface area contributed by atoms with E-state index < -0.39 is 28.4 Å². The van der Waals surface area contributed by atoms with Crippen molar-refractivity contribution in [3.63, 3.8) is 0 Å². The molecule has 0 aromatic heterocycles. The van der Waals surface area contributed by atoms with Gasteiger partial charge in [-0.25, -0.2) is 8.42 Å². The van der Waals surface area contributed by atoms with E-state index in [4.69, 9.17) is 5.11 Å². The van der Waals surface area contributed by atoms with Crippen LogP contribution in [0.2, 0.25) is 0 Å². The fourth-order valence-corrected chi connectivity index (χ4v) is 4.64. The van der Waals surface area contributed by atoms with Gasteiger partial charge in [0.25, 0.3) is 5.91 Å². The standard InChI is InChI=1S/C17H24N2O5S/c1-11-4-6-19(7-5-11)25(23,24)15-9-14(8-12(2)13(15)3)17(22)18-10-16(20)21/h8-9,11H,4-7,10H2,1-3H3,(H,18,22)(H,20,21). The molecule has 1 aromatic carbocycles. The number of carboxylic acid groups (broad SMARTS) is 1. The van der Waals surface area contributed by atoms with Gasteiger partial charge in [0.1, 0.15) is 6.54 Å². The number of carboxylic acids is 1. The van der Waals surface area contributed by atoms with Gasteiger partial charge in [-0.1, -0.05) is 6.92 Å². The SMILES string of the molecule is Cc1cc(C(=O)NCC(=O)O)cc(S(=O)(=O)N2CCC(C)CC2)c1C. The van der Waals surface area contributed by atoms with E-state index in [0.717, 1.165) is 12.8 Å². The topological polar surface area (TPSA) is 104 Å². The van der Waals surface area contributed by atoms with Gasteiger partial charge in [-0.3, -0.25) is 9.59 Å². The van der Waals surface area contributed by atoms with E-state index in [-0.39, 0.29) is 10.5 Å². The molecule has 1 aliphatic heterocycles. The number of hydrogen-bond acceptors (Lipinski definition) is 4. The first-order valence-corrected chi connectivity index (χ1v) is 9.68. The minimum absolute atomic E-state index is 0.113. The molecular weight excluding hydrogens is 344 g/mol. The average Bonchev–Trinajstić information content (AvgIpc) is 2.55. The van der Waals surface area contributed by atoms with Crippen molar-refractivity contribution in [2.75, 3.05) is 19.6 Å². The summed E-state index contributed by atoms with van der Waals surface area (Å²) >= 11 is 0. The summed E-state index contributed by atoms with van der Waals surface area (Å²) in [7, 11) is -3.69. The van der Waals surface area contributed by atoms with E-state index in [9.17, 15) is 18.0 Å².